The topological polar surface area (TPSA) is 39.9 Å². The Morgan fingerprint density at radius 2 is 2.21 bits per heavy atom. The van der Waals surface area contributed by atoms with Crippen molar-refractivity contribution in [2.24, 2.45) is 0 Å². The largest absolute Gasteiger partial charge is 0.497 e. The molecule has 0 aliphatic heterocycles. The summed E-state index contributed by atoms with van der Waals surface area (Å²) in [5.41, 5.74) is 1.85. The van der Waals surface area contributed by atoms with Gasteiger partial charge in [0.25, 0.3) is 0 Å². The molecule has 14 heavy (non-hydrogen) atoms. The second-order valence-electron chi connectivity index (χ2n) is 3.01. The van der Waals surface area contributed by atoms with Gasteiger partial charge in [-0.25, -0.2) is 4.68 Å². The molecule has 0 fully saturated rings. The number of benzene rings is 1. The van der Waals surface area contributed by atoms with Gasteiger partial charge in [0, 0.05) is 6.07 Å². The molecule has 0 aliphatic carbocycles. The average Bonchev–Trinajstić information content (AvgIpc) is 2.65. The van der Waals surface area contributed by atoms with E-state index in [1.807, 2.05) is 37.4 Å². The van der Waals surface area contributed by atoms with Crippen molar-refractivity contribution in [3.05, 3.63) is 36.2 Å². The second-order valence-corrected chi connectivity index (χ2v) is 3.01. The quantitative estimate of drug-likeness (QED) is 0.720. The van der Waals surface area contributed by atoms with Crippen LogP contribution in [0.15, 0.2) is 30.5 Å². The number of nitrogens with zero attached hydrogens (tertiary/aromatic N) is 3. The van der Waals surface area contributed by atoms with E-state index in [-0.39, 0.29) is 0 Å². The minimum absolute atomic E-state index is 0.815. The molecule has 0 N–H and O–H groups in total. The summed E-state index contributed by atoms with van der Waals surface area (Å²) in [6, 6.07) is 7.68. The lowest BCUT2D eigenvalue weighted by molar-refractivity contribution is 0.414. The van der Waals surface area contributed by atoms with Crippen LogP contribution in [-0.4, -0.2) is 22.1 Å². The number of ether oxygens (including phenoxy) is 1. The van der Waals surface area contributed by atoms with Gasteiger partial charge in [-0.15, -0.1) is 5.10 Å². The average molecular weight is 189 g/mol. The van der Waals surface area contributed by atoms with Crippen LogP contribution in [0.1, 0.15) is 5.69 Å². The standard InChI is InChI=1S/C10H11N3O/c1-8-7-13(12-11-8)9-4-3-5-10(6-9)14-2/h3-7H,1-2H3. The lowest BCUT2D eigenvalue weighted by Crippen LogP contribution is -1.95. The molecule has 0 atom stereocenters. The van der Waals surface area contributed by atoms with E-state index >= 15 is 0 Å². The van der Waals surface area contributed by atoms with Gasteiger partial charge < -0.3 is 4.74 Å². The van der Waals surface area contributed by atoms with Crippen LogP contribution in [0.3, 0.4) is 0 Å². The summed E-state index contributed by atoms with van der Waals surface area (Å²) < 4.78 is 6.84. The minimum Gasteiger partial charge on any atom is -0.497 e. The third kappa shape index (κ3) is 1.59. The molecular formula is C10H11N3O. The van der Waals surface area contributed by atoms with Gasteiger partial charge in [-0.3, -0.25) is 0 Å². The Kier molecular flexibility index (Phi) is 2.18. The van der Waals surface area contributed by atoms with Crippen LogP contribution in [0, 0.1) is 6.92 Å². The summed E-state index contributed by atoms with van der Waals surface area (Å²) in [6.45, 7) is 1.91. The Labute approximate surface area is 82.1 Å². The molecule has 0 saturated heterocycles. The van der Waals surface area contributed by atoms with Crippen molar-refractivity contribution in [3.63, 3.8) is 0 Å². The second kappa shape index (κ2) is 3.49. The SMILES string of the molecule is COc1cccc(-n2cc(C)nn2)c1. The van der Waals surface area contributed by atoms with E-state index < -0.39 is 0 Å². The smallest absolute Gasteiger partial charge is 0.121 e. The van der Waals surface area contributed by atoms with Gasteiger partial charge in [-0.1, -0.05) is 11.3 Å². The fourth-order valence-electron chi connectivity index (χ4n) is 1.23. The maximum absolute atomic E-state index is 5.12. The monoisotopic (exact) mass is 189 g/mol. The molecule has 4 heteroatoms. The molecule has 0 spiro atoms. The van der Waals surface area contributed by atoms with Crippen LogP contribution in [0.5, 0.6) is 5.75 Å². The fourth-order valence-corrected chi connectivity index (χ4v) is 1.23. The van der Waals surface area contributed by atoms with Crippen LogP contribution < -0.4 is 4.74 Å². The molecule has 0 aliphatic rings. The Bertz CT molecular complexity index is 436. The molecule has 0 bridgehead atoms. The van der Waals surface area contributed by atoms with E-state index in [0.29, 0.717) is 0 Å². The van der Waals surface area contributed by atoms with E-state index in [9.17, 15) is 0 Å². The van der Waals surface area contributed by atoms with Gasteiger partial charge in [0.15, 0.2) is 0 Å². The van der Waals surface area contributed by atoms with Crippen molar-refractivity contribution in [1.82, 2.24) is 15.0 Å². The zero-order chi connectivity index (χ0) is 9.97. The Morgan fingerprint density at radius 3 is 2.86 bits per heavy atom. The Morgan fingerprint density at radius 1 is 1.36 bits per heavy atom. The summed E-state index contributed by atoms with van der Waals surface area (Å²) in [4.78, 5) is 0. The number of aryl methyl sites for hydroxylation is 1. The molecule has 72 valence electrons. The van der Waals surface area contributed by atoms with Gasteiger partial charge in [0.2, 0.25) is 0 Å². The summed E-state index contributed by atoms with van der Waals surface area (Å²) in [5, 5.41) is 7.89. The Hall–Kier alpha value is -1.84. The number of methoxy groups -OCH3 is 1. The highest BCUT2D eigenvalue weighted by Crippen LogP contribution is 2.15. The molecule has 0 saturated carbocycles. The van der Waals surface area contributed by atoms with Gasteiger partial charge in [-0.2, -0.15) is 0 Å². The van der Waals surface area contributed by atoms with Gasteiger partial charge in [0.05, 0.1) is 24.7 Å². The summed E-state index contributed by atoms with van der Waals surface area (Å²) in [6.07, 6.45) is 1.87. The molecule has 2 rings (SSSR count). The maximum Gasteiger partial charge on any atom is 0.121 e. The summed E-state index contributed by atoms with van der Waals surface area (Å²) >= 11 is 0. The molecule has 1 aromatic carbocycles. The zero-order valence-electron chi connectivity index (χ0n) is 8.14. The number of rotatable bonds is 2. The van der Waals surface area contributed by atoms with Crippen LogP contribution in [-0.2, 0) is 0 Å². The molecule has 1 aromatic heterocycles. The first-order chi connectivity index (χ1) is 6.79. The van der Waals surface area contributed by atoms with Crippen molar-refractivity contribution < 1.29 is 4.74 Å². The van der Waals surface area contributed by atoms with Crippen LogP contribution >= 0.6 is 0 Å². The molecule has 0 unspecified atom stereocenters. The lowest BCUT2D eigenvalue weighted by Gasteiger charge is -2.02. The first-order valence-corrected chi connectivity index (χ1v) is 4.33. The van der Waals surface area contributed by atoms with E-state index in [1.165, 1.54) is 0 Å². The zero-order valence-corrected chi connectivity index (χ0v) is 8.14. The fraction of sp³-hybridized carbons (Fsp3) is 0.200. The van der Waals surface area contributed by atoms with E-state index in [0.717, 1.165) is 17.1 Å². The van der Waals surface area contributed by atoms with Crippen molar-refractivity contribution in [2.75, 3.05) is 7.11 Å². The molecule has 0 radical (unpaired) electrons. The van der Waals surface area contributed by atoms with E-state index in [4.69, 9.17) is 4.74 Å². The number of hydrogen-bond acceptors (Lipinski definition) is 3. The third-order valence-electron chi connectivity index (χ3n) is 1.93. The Balaban J connectivity index is 2.41. The van der Waals surface area contributed by atoms with Gasteiger partial charge in [-0.05, 0) is 19.1 Å². The van der Waals surface area contributed by atoms with E-state index in [2.05, 4.69) is 10.3 Å². The predicted molar refractivity (Wildman–Crippen MR) is 52.6 cm³/mol. The summed E-state index contributed by atoms with van der Waals surface area (Å²) in [5.74, 6) is 0.815. The highest BCUT2D eigenvalue weighted by atomic mass is 16.5. The van der Waals surface area contributed by atoms with Crippen molar-refractivity contribution >= 4 is 0 Å². The molecule has 4 nitrogen and oxygen atoms in total. The van der Waals surface area contributed by atoms with Gasteiger partial charge in [0.1, 0.15) is 5.75 Å². The van der Waals surface area contributed by atoms with E-state index in [1.54, 1.807) is 11.8 Å². The third-order valence-corrected chi connectivity index (χ3v) is 1.93. The number of hydrogen-bond donors (Lipinski definition) is 0. The normalized spacial score (nSPS) is 10.1. The minimum atomic E-state index is 0.815. The first kappa shape index (κ1) is 8.74. The number of aromatic nitrogens is 3. The van der Waals surface area contributed by atoms with Crippen LogP contribution in [0.2, 0.25) is 0 Å². The molecule has 1 heterocycles. The van der Waals surface area contributed by atoms with Crippen molar-refractivity contribution in [1.29, 1.82) is 0 Å². The molecule has 2 aromatic rings. The van der Waals surface area contributed by atoms with Crippen LogP contribution in [0.4, 0.5) is 0 Å². The van der Waals surface area contributed by atoms with Crippen molar-refractivity contribution in [2.45, 2.75) is 6.92 Å². The highest BCUT2D eigenvalue weighted by Gasteiger charge is 2.00. The molecule has 0 amide bonds. The first-order valence-electron chi connectivity index (χ1n) is 4.33. The lowest BCUT2D eigenvalue weighted by atomic mass is 10.3. The van der Waals surface area contributed by atoms with Gasteiger partial charge >= 0.3 is 0 Å². The summed E-state index contributed by atoms with van der Waals surface area (Å²) in [7, 11) is 1.64. The predicted octanol–water partition coefficient (Wildman–Crippen LogP) is 1.58. The maximum atomic E-state index is 5.12. The molecular weight excluding hydrogens is 178 g/mol. The van der Waals surface area contributed by atoms with Crippen LogP contribution in [0.25, 0.3) is 5.69 Å². The van der Waals surface area contributed by atoms with Crippen molar-refractivity contribution in [3.8, 4) is 11.4 Å². The highest BCUT2D eigenvalue weighted by molar-refractivity contribution is 5.38.